The number of azo groups is 3. The standard InChI is InChI=1S/C35H26N8O15S3.3Na/c1-58-23-9-6-21(7-10-23)38-42-34-32(61(55,56)57)13-18-12-24(59(49,50)51)15-28(33(18)35(34)46)41-40-27-16-26(29(44)17-30(27)45)39-37-20-4-2-19(3-5-20)36-25-11-8-22(43(47)48)14-31(25)60(52,53)54;;;/h2-17,36,44-46H,1H3,(H,49,50,51)(H,52,53,54)(H,55,56,57);;;/q;3*+1/p-3. The monoisotopic (exact) mass is 960 g/mol. The molecule has 23 nitrogen and oxygen atoms in total. The molecule has 0 amide bonds. The second-order valence-corrected chi connectivity index (χ2v) is 16.4. The van der Waals surface area contributed by atoms with Gasteiger partial charge >= 0.3 is 88.7 Å². The number of nitrogens with zero attached hydrogens (tertiary/aromatic N) is 7. The van der Waals surface area contributed by atoms with Crippen LogP contribution in [0.25, 0.3) is 10.8 Å². The molecule has 64 heavy (non-hydrogen) atoms. The first-order chi connectivity index (χ1) is 28.6. The Labute approximate surface area is 428 Å². The van der Waals surface area contributed by atoms with E-state index < -0.39 is 106 Å². The maximum Gasteiger partial charge on any atom is 1.00 e. The second kappa shape index (κ2) is 21.7. The molecule has 0 bridgehead atoms. The van der Waals surface area contributed by atoms with Gasteiger partial charge in [0.25, 0.3) is 36.0 Å². The first-order valence-corrected chi connectivity index (χ1v) is 20.8. The molecule has 0 unspecified atom stereocenters. The van der Waals surface area contributed by atoms with Gasteiger partial charge in [0.05, 0.1) is 56.7 Å². The van der Waals surface area contributed by atoms with E-state index in [1.54, 1.807) is 0 Å². The zero-order valence-corrected chi connectivity index (χ0v) is 41.8. The fourth-order valence-corrected chi connectivity index (χ4v) is 7.18. The third-order valence-electron chi connectivity index (χ3n) is 8.18. The zero-order valence-electron chi connectivity index (χ0n) is 33.3. The zero-order chi connectivity index (χ0) is 44.4. The molecule has 0 saturated heterocycles. The number of non-ortho nitro benzene ring substituents is 1. The Bertz CT molecular complexity index is 3200. The molecule has 0 heterocycles. The predicted molar refractivity (Wildman–Crippen MR) is 207 cm³/mol. The van der Waals surface area contributed by atoms with Gasteiger partial charge in [-0.1, -0.05) is 23.3 Å². The molecule has 6 aromatic carbocycles. The van der Waals surface area contributed by atoms with Crippen LogP contribution in [0.4, 0.5) is 51.2 Å². The maximum absolute atomic E-state index is 13.8. The molecule has 6 aromatic rings. The Kier molecular flexibility index (Phi) is 18.2. The van der Waals surface area contributed by atoms with Crippen LogP contribution >= 0.6 is 0 Å². The number of nitro benzene ring substituents is 1. The fourth-order valence-electron chi connectivity index (χ4n) is 5.32. The minimum atomic E-state index is -5.22. The average Bonchev–Trinajstić information content (AvgIpc) is 3.19. The minimum Gasteiger partial charge on any atom is -0.871 e. The Morgan fingerprint density at radius 3 is 1.66 bits per heavy atom. The molecule has 0 spiro atoms. The first-order valence-electron chi connectivity index (χ1n) is 16.4. The molecular formula is C35H23N8Na3O15S3. The summed E-state index contributed by atoms with van der Waals surface area (Å²) in [6.45, 7) is 0. The van der Waals surface area contributed by atoms with E-state index in [9.17, 15) is 64.3 Å². The van der Waals surface area contributed by atoms with Gasteiger partial charge in [0.2, 0.25) is 0 Å². The summed E-state index contributed by atoms with van der Waals surface area (Å²) in [6, 6.07) is 17.5. The van der Waals surface area contributed by atoms with Gasteiger partial charge in [0, 0.05) is 23.2 Å². The molecule has 0 aliphatic carbocycles. The molecule has 314 valence electrons. The van der Waals surface area contributed by atoms with Gasteiger partial charge in [0.15, 0.2) is 0 Å². The summed E-state index contributed by atoms with van der Waals surface area (Å²) in [5, 5.41) is 75.0. The van der Waals surface area contributed by atoms with Gasteiger partial charge in [-0.2, -0.15) is 45.7 Å². The number of nitro groups is 1. The number of anilines is 2. The Balaban J connectivity index is 0.00000363. The Morgan fingerprint density at radius 2 is 1.12 bits per heavy atom. The molecule has 29 heteroatoms. The van der Waals surface area contributed by atoms with Crippen molar-refractivity contribution in [3.05, 3.63) is 107 Å². The molecule has 4 N–H and O–H groups in total. The maximum atomic E-state index is 13.8. The van der Waals surface area contributed by atoms with E-state index >= 15 is 0 Å². The van der Waals surface area contributed by atoms with E-state index in [4.69, 9.17) is 4.74 Å². The molecule has 6 rings (SSSR count). The summed E-state index contributed by atoms with van der Waals surface area (Å²) < 4.78 is 107. The molecule has 0 radical (unpaired) electrons. The van der Waals surface area contributed by atoms with Crippen LogP contribution in [-0.2, 0) is 30.4 Å². The topological polar surface area (TPSA) is 371 Å². The molecule has 0 aliphatic rings. The largest absolute Gasteiger partial charge is 1.00 e. The smallest absolute Gasteiger partial charge is 0.871 e. The Hall–Kier alpha value is -4.49. The summed E-state index contributed by atoms with van der Waals surface area (Å²) in [6.07, 6.45) is 0. The van der Waals surface area contributed by atoms with E-state index in [1.165, 1.54) is 55.6 Å². The third kappa shape index (κ3) is 12.9. The van der Waals surface area contributed by atoms with Crippen molar-refractivity contribution < 1.29 is 153 Å². The van der Waals surface area contributed by atoms with Gasteiger partial charge in [-0.15, -0.1) is 10.2 Å². The molecular weight excluding hydrogens is 938 g/mol. The van der Waals surface area contributed by atoms with Crippen LogP contribution in [0.3, 0.4) is 0 Å². The van der Waals surface area contributed by atoms with Crippen LogP contribution in [0.1, 0.15) is 0 Å². The van der Waals surface area contributed by atoms with Crippen molar-refractivity contribution in [1.29, 1.82) is 0 Å². The molecule has 0 aliphatic heterocycles. The van der Waals surface area contributed by atoms with Gasteiger partial charge < -0.3 is 25.4 Å². The number of hydrogen-bond acceptors (Lipinski definition) is 19. The number of hydrogen-bond donors (Lipinski definition) is 4. The first kappa shape index (κ1) is 53.8. The molecule has 0 aromatic heterocycles. The van der Waals surface area contributed by atoms with Crippen LogP contribution in [0.2, 0.25) is 0 Å². The quantitative estimate of drug-likeness (QED) is 0.0311. The number of rotatable bonds is 13. The molecule has 0 saturated carbocycles. The van der Waals surface area contributed by atoms with Gasteiger partial charge in [-0.05, 0) is 84.2 Å². The number of methoxy groups -OCH3 is 1. The predicted octanol–water partition coefficient (Wildman–Crippen LogP) is -2.28. The summed E-state index contributed by atoms with van der Waals surface area (Å²) >= 11 is 0. The SMILES string of the molecule is COc1ccc(N=Nc2c(S(=O)(=O)O)cc3cc(S(=O)(=O)O)cc(N=Nc4cc(N=Nc5ccc(Nc6ccc([N+](=O)[O-])cc6S(=O)(=O)O)cc5)c([O-])cc4[O-])c3c2[O-])cc1.[Na+].[Na+].[Na+]. The third-order valence-corrected chi connectivity index (χ3v) is 10.8. The van der Waals surface area contributed by atoms with Crippen molar-refractivity contribution in [3.63, 3.8) is 0 Å². The van der Waals surface area contributed by atoms with Crippen LogP contribution in [0, 0.1) is 10.1 Å². The number of ether oxygens (including phenoxy) is 1. The molecule has 0 atom stereocenters. The van der Waals surface area contributed by atoms with E-state index in [1.807, 2.05) is 0 Å². The van der Waals surface area contributed by atoms with Crippen LogP contribution in [0.5, 0.6) is 23.0 Å². The van der Waals surface area contributed by atoms with Crippen molar-refractivity contribution in [3.8, 4) is 23.0 Å². The van der Waals surface area contributed by atoms with Crippen molar-refractivity contribution in [2.45, 2.75) is 14.7 Å². The van der Waals surface area contributed by atoms with Crippen LogP contribution in [-0.4, -0.2) is 50.9 Å². The Morgan fingerprint density at radius 1 is 0.594 bits per heavy atom. The van der Waals surface area contributed by atoms with Crippen LogP contribution in [0.15, 0.2) is 142 Å². The normalized spacial score (nSPS) is 11.9. The van der Waals surface area contributed by atoms with Gasteiger partial charge in [-0.25, -0.2) is 0 Å². The van der Waals surface area contributed by atoms with Crippen molar-refractivity contribution in [2.75, 3.05) is 12.4 Å². The van der Waals surface area contributed by atoms with E-state index in [-0.39, 0.29) is 111 Å². The van der Waals surface area contributed by atoms with E-state index in [0.29, 0.717) is 36.1 Å². The average molecular weight is 961 g/mol. The number of fused-ring (bicyclic) bond motifs is 1. The minimum absolute atomic E-state index is 0. The molecule has 0 fully saturated rings. The number of benzene rings is 6. The van der Waals surface area contributed by atoms with Gasteiger partial charge in [-0.3, -0.25) is 23.8 Å². The van der Waals surface area contributed by atoms with Crippen molar-refractivity contribution >= 4 is 92.3 Å². The van der Waals surface area contributed by atoms with Crippen molar-refractivity contribution in [1.82, 2.24) is 0 Å². The fraction of sp³-hybridized carbons (Fsp3) is 0.0286. The van der Waals surface area contributed by atoms with Crippen molar-refractivity contribution in [2.24, 2.45) is 30.7 Å². The summed E-state index contributed by atoms with van der Waals surface area (Å²) in [5.74, 6) is -2.76. The van der Waals surface area contributed by atoms with Crippen LogP contribution < -0.4 is 114 Å². The summed E-state index contributed by atoms with van der Waals surface area (Å²) in [5.41, 5.74) is -2.94. The summed E-state index contributed by atoms with van der Waals surface area (Å²) in [7, 11) is -13.8. The second-order valence-electron chi connectivity index (χ2n) is 12.2. The summed E-state index contributed by atoms with van der Waals surface area (Å²) in [4.78, 5) is 7.49. The van der Waals surface area contributed by atoms with E-state index in [0.717, 1.165) is 18.2 Å². The van der Waals surface area contributed by atoms with E-state index in [2.05, 4.69) is 36.0 Å². The number of nitrogens with one attached hydrogen (secondary N) is 1. The van der Waals surface area contributed by atoms with Gasteiger partial charge in [0.1, 0.15) is 15.5 Å².